The molecule has 0 aliphatic heterocycles. The Morgan fingerprint density at radius 1 is 1.11 bits per heavy atom. The number of carbonyl (C=O) groups excluding carboxylic acids is 1. The molecule has 28 heavy (non-hydrogen) atoms. The standard InChI is InChI=1S/C20H26NO6P/c1-15(22)20(14-16-7-6-8-17(13-16)21(23)24)28(25,26-18-9-2-3-10-18)27-19-11-4-5-12-19/h6-8,13-14,18-19H,2-5,9-12H2,1H3. The summed E-state index contributed by atoms with van der Waals surface area (Å²) in [7, 11) is -3.85. The molecule has 0 saturated heterocycles. The van der Waals surface area contributed by atoms with E-state index in [0.29, 0.717) is 5.56 Å². The molecule has 0 spiro atoms. The third-order valence-electron chi connectivity index (χ3n) is 5.22. The van der Waals surface area contributed by atoms with Gasteiger partial charge in [0.25, 0.3) is 5.69 Å². The first-order chi connectivity index (χ1) is 13.4. The van der Waals surface area contributed by atoms with Crippen LogP contribution in [0.15, 0.2) is 29.6 Å². The van der Waals surface area contributed by atoms with E-state index in [1.807, 2.05) is 0 Å². The first kappa shape index (κ1) is 20.9. The van der Waals surface area contributed by atoms with Crippen LogP contribution in [0.25, 0.3) is 6.08 Å². The van der Waals surface area contributed by atoms with Gasteiger partial charge in [0.15, 0.2) is 5.78 Å². The molecule has 0 heterocycles. The number of hydrogen-bond donors (Lipinski definition) is 0. The maximum absolute atomic E-state index is 13.8. The molecule has 0 unspecified atom stereocenters. The van der Waals surface area contributed by atoms with Crippen LogP contribution in [0.4, 0.5) is 5.69 Å². The van der Waals surface area contributed by atoms with Crippen molar-refractivity contribution in [3.63, 3.8) is 0 Å². The number of carbonyl (C=O) groups is 1. The number of nitro groups is 1. The highest BCUT2D eigenvalue weighted by Crippen LogP contribution is 2.61. The van der Waals surface area contributed by atoms with Crippen molar-refractivity contribution in [2.45, 2.75) is 70.5 Å². The van der Waals surface area contributed by atoms with Crippen LogP contribution in [-0.2, 0) is 18.4 Å². The molecule has 7 nitrogen and oxygen atoms in total. The molecule has 0 bridgehead atoms. The minimum absolute atomic E-state index is 0.0354. The van der Waals surface area contributed by atoms with Crippen molar-refractivity contribution >= 4 is 25.1 Å². The summed E-state index contributed by atoms with van der Waals surface area (Å²) in [6.07, 6.45) is 8.19. The van der Waals surface area contributed by atoms with Crippen LogP contribution in [0, 0.1) is 10.1 Å². The lowest BCUT2D eigenvalue weighted by Crippen LogP contribution is -2.15. The molecule has 0 radical (unpaired) electrons. The molecule has 8 heteroatoms. The van der Waals surface area contributed by atoms with Gasteiger partial charge >= 0.3 is 7.60 Å². The Kier molecular flexibility index (Phi) is 6.81. The smallest absolute Gasteiger partial charge is 0.302 e. The number of Topliss-reactive ketones (excluding diaryl/α,β-unsaturated/α-hetero) is 1. The minimum Gasteiger partial charge on any atom is -0.302 e. The van der Waals surface area contributed by atoms with E-state index in [2.05, 4.69) is 0 Å². The van der Waals surface area contributed by atoms with Crippen LogP contribution >= 0.6 is 7.60 Å². The fourth-order valence-electron chi connectivity index (χ4n) is 3.78. The Bertz CT molecular complexity index is 787. The number of nitrogens with zero attached hydrogens (tertiary/aromatic N) is 1. The van der Waals surface area contributed by atoms with Crippen LogP contribution in [-0.4, -0.2) is 22.9 Å². The van der Waals surface area contributed by atoms with Crippen molar-refractivity contribution in [3.8, 4) is 0 Å². The molecule has 2 aliphatic carbocycles. The first-order valence-electron chi connectivity index (χ1n) is 9.82. The molecule has 0 atom stereocenters. The summed E-state index contributed by atoms with van der Waals surface area (Å²) in [6, 6.07) is 5.88. The zero-order valence-corrected chi connectivity index (χ0v) is 16.9. The Labute approximate surface area is 164 Å². The fourth-order valence-corrected chi connectivity index (χ4v) is 5.95. The molecule has 152 valence electrons. The molecule has 2 fully saturated rings. The van der Waals surface area contributed by atoms with E-state index in [1.54, 1.807) is 6.07 Å². The molecule has 1 aromatic rings. The summed E-state index contributed by atoms with van der Waals surface area (Å²) in [4.78, 5) is 23.0. The summed E-state index contributed by atoms with van der Waals surface area (Å²) in [5, 5.41) is 11.0. The predicted molar refractivity (Wildman–Crippen MR) is 106 cm³/mol. The first-order valence-corrected chi connectivity index (χ1v) is 11.4. The average Bonchev–Trinajstić information content (AvgIpc) is 3.33. The summed E-state index contributed by atoms with van der Waals surface area (Å²) in [5.41, 5.74) is 0.324. The molecule has 3 rings (SSSR count). The zero-order valence-electron chi connectivity index (χ0n) is 16.0. The second kappa shape index (κ2) is 9.12. The SMILES string of the molecule is CC(=O)C(=Cc1cccc([N+](=O)[O-])c1)P(=O)(OC1CCCC1)OC1CCCC1. The lowest BCUT2D eigenvalue weighted by Gasteiger charge is -2.26. The Balaban J connectivity index is 1.97. The van der Waals surface area contributed by atoms with Gasteiger partial charge in [0.2, 0.25) is 0 Å². The Hall–Kier alpha value is -1.82. The van der Waals surface area contributed by atoms with Crippen molar-refractivity contribution in [1.82, 2.24) is 0 Å². The molecular formula is C20H26NO6P. The molecule has 2 aliphatic rings. The molecule has 0 amide bonds. The van der Waals surface area contributed by atoms with Crippen LogP contribution in [0.1, 0.15) is 63.9 Å². The van der Waals surface area contributed by atoms with Crippen molar-refractivity contribution in [2.24, 2.45) is 0 Å². The van der Waals surface area contributed by atoms with Gasteiger partial charge in [-0.3, -0.25) is 19.5 Å². The van der Waals surface area contributed by atoms with Gasteiger partial charge in [-0.05, 0) is 44.2 Å². The normalized spacial score (nSPS) is 19.2. The van der Waals surface area contributed by atoms with Gasteiger partial charge in [0.1, 0.15) is 5.31 Å². The summed E-state index contributed by atoms with van der Waals surface area (Å²) < 4.78 is 25.7. The minimum atomic E-state index is -3.85. The summed E-state index contributed by atoms with van der Waals surface area (Å²) in [6.45, 7) is 1.33. The third kappa shape index (κ3) is 5.16. The summed E-state index contributed by atoms with van der Waals surface area (Å²) in [5.74, 6) is -0.411. The largest absolute Gasteiger partial charge is 0.365 e. The predicted octanol–water partition coefficient (Wildman–Crippen LogP) is 5.64. The number of ketones is 1. The van der Waals surface area contributed by atoms with Gasteiger partial charge < -0.3 is 9.05 Å². The van der Waals surface area contributed by atoms with Crippen molar-refractivity contribution in [3.05, 3.63) is 45.3 Å². The highest BCUT2D eigenvalue weighted by Gasteiger charge is 2.40. The van der Waals surface area contributed by atoms with Crippen LogP contribution in [0.2, 0.25) is 0 Å². The fraction of sp³-hybridized carbons (Fsp3) is 0.550. The van der Waals surface area contributed by atoms with E-state index < -0.39 is 18.3 Å². The quantitative estimate of drug-likeness (QED) is 0.240. The molecular weight excluding hydrogens is 381 g/mol. The van der Waals surface area contributed by atoms with E-state index in [0.717, 1.165) is 51.4 Å². The topological polar surface area (TPSA) is 95.7 Å². The highest BCUT2D eigenvalue weighted by atomic mass is 31.2. The van der Waals surface area contributed by atoms with Gasteiger partial charge in [-0.1, -0.05) is 37.8 Å². The lowest BCUT2D eigenvalue weighted by atomic mass is 10.2. The van der Waals surface area contributed by atoms with E-state index in [1.165, 1.54) is 31.2 Å². The zero-order chi connectivity index (χ0) is 20.1. The van der Waals surface area contributed by atoms with E-state index in [-0.39, 0.29) is 23.2 Å². The maximum Gasteiger partial charge on any atom is 0.365 e. The van der Waals surface area contributed by atoms with Gasteiger partial charge in [-0.15, -0.1) is 0 Å². The van der Waals surface area contributed by atoms with Gasteiger partial charge in [0, 0.05) is 12.1 Å². The molecule has 2 saturated carbocycles. The van der Waals surface area contributed by atoms with E-state index in [9.17, 15) is 19.5 Å². The molecule has 1 aromatic carbocycles. The maximum atomic E-state index is 13.8. The van der Waals surface area contributed by atoms with Crippen molar-refractivity contribution in [2.75, 3.05) is 0 Å². The number of benzene rings is 1. The van der Waals surface area contributed by atoms with E-state index in [4.69, 9.17) is 9.05 Å². The number of hydrogen-bond acceptors (Lipinski definition) is 6. The second-order valence-electron chi connectivity index (χ2n) is 7.46. The van der Waals surface area contributed by atoms with Crippen molar-refractivity contribution in [1.29, 1.82) is 0 Å². The number of allylic oxidation sites excluding steroid dienone is 1. The van der Waals surface area contributed by atoms with Gasteiger partial charge in [0.05, 0.1) is 17.1 Å². The second-order valence-corrected chi connectivity index (χ2v) is 9.36. The summed E-state index contributed by atoms with van der Waals surface area (Å²) >= 11 is 0. The number of non-ortho nitro benzene ring substituents is 1. The van der Waals surface area contributed by atoms with Crippen LogP contribution < -0.4 is 0 Å². The molecule has 0 aromatic heterocycles. The lowest BCUT2D eigenvalue weighted by molar-refractivity contribution is -0.384. The monoisotopic (exact) mass is 407 g/mol. The molecule has 0 N–H and O–H groups in total. The van der Waals surface area contributed by atoms with Gasteiger partial charge in [-0.25, -0.2) is 0 Å². The van der Waals surface area contributed by atoms with E-state index >= 15 is 0 Å². The Morgan fingerprint density at radius 3 is 2.11 bits per heavy atom. The number of rotatable bonds is 8. The van der Waals surface area contributed by atoms with Crippen molar-refractivity contribution < 1.29 is 23.3 Å². The third-order valence-corrected chi connectivity index (χ3v) is 7.41. The highest BCUT2D eigenvalue weighted by molar-refractivity contribution is 7.60. The average molecular weight is 407 g/mol. The number of nitro benzene ring substituents is 1. The van der Waals surface area contributed by atoms with Gasteiger partial charge in [-0.2, -0.15) is 0 Å². The van der Waals surface area contributed by atoms with Crippen LogP contribution in [0.3, 0.4) is 0 Å². The Morgan fingerprint density at radius 2 is 1.64 bits per heavy atom. The van der Waals surface area contributed by atoms with Crippen LogP contribution in [0.5, 0.6) is 0 Å².